The van der Waals surface area contributed by atoms with Gasteiger partial charge in [-0.05, 0) is 36.5 Å². The Hall–Kier alpha value is -1.34. The Morgan fingerprint density at radius 2 is 2.15 bits per heavy atom. The third-order valence-corrected chi connectivity index (χ3v) is 3.51. The summed E-state index contributed by atoms with van der Waals surface area (Å²) in [6.45, 7) is 0.831. The van der Waals surface area contributed by atoms with E-state index in [1.165, 1.54) is 18.6 Å². The number of hydrogen-bond acceptors (Lipinski definition) is 6. The topological polar surface area (TPSA) is 68.5 Å². The molecule has 0 fully saturated rings. The van der Waals surface area contributed by atoms with Crippen LogP contribution in [0.1, 0.15) is 19.3 Å². The number of imidazole rings is 1. The predicted octanol–water partition coefficient (Wildman–Crippen LogP) is 2.66. The van der Waals surface area contributed by atoms with Crippen molar-refractivity contribution in [1.29, 1.82) is 0 Å². The van der Waals surface area contributed by atoms with Gasteiger partial charge in [0.1, 0.15) is 6.33 Å². The van der Waals surface area contributed by atoms with Crippen molar-refractivity contribution in [3.8, 4) is 5.95 Å². The van der Waals surface area contributed by atoms with Gasteiger partial charge in [-0.1, -0.05) is 6.42 Å². The molecule has 2 aromatic rings. The first-order valence-corrected chi connectivity index (χ1v) is 8.19. The molecule has 0 saturated carbocycles. The predicted molar refractivity (Wildman–Crippen MR) is 82.7 cm³/mol. The van der Waals surface area contributed by atoms with Crippen LogP contribution in [-0.2, 0) is 0 Å². The third-order valence-electron chi connectivity index (χ3n) is 2.64. The highest BCUT2D eigenvalue weighted by Crippen LogP contribution is 2.10. The largest absolute Gasteiger partial charge is 0.354 e. The average Bonchev–Trinajstić information content (AvgIpc) is 2.96. The second-order valence-corrected chi connectivity index (χ2v) is 5.50. The standard InChI is InChI=1S/C12H17ClN6S/c1-20-8-4-2-3-5-15-11-16-10(13)17-12(18-11)19-7-6-14-9-19/h6-7,9H,2-5,8H2,1H3,(H,15,16,17,18). The summed E-state index contributed by atoms with van der Waals surface area (Å²) in [4.78, 5) is 16.4. The van der Waals surface area contributed by atoms with Crippen molar-refractivity contribution in [2.24, 2.45) is 0 Å². The number of halogens is 1. The van der Waals surface area contributed by atoms with Crippen molar-refractivity contribution in [2.75, 3.05) is 23.9 Å². The molecule has 0 radical (unpaired) electrons. The van der Waals surface area contributed by atoms with Crippen LogP contribution in [0, 0.1) is 0 Å². The first-order chi connectivity index (χ1) is 9.79. The Morgan fingerprint density at radius 3 is 2.90 bits per heavy atom. The number of nitrogens with zero attached hydrogens (tertiary/aromatic N) is 5. The van der Waals surface area contributed by atoms with Crippen molar-refractivity contribution in [2.45, 2.75) is 19.3 Å². The van der Waals surface area contributed by atoms with Crippen LogP contribution in [0.3, 0.4) is 0 Å². The molecular weight excluding hydrogens is 296 g/mol. The molecule has 0 aromatic carbocycles. The molecule has 8 heteroatoms. The number of aromatic nitrogens is 5. The van der Waals surface area contributed by atoms with Crippen molar-refractivity contribution >= 4 is 29.3 Å². The Bertz CT molecular complexity index is 519. The van der Waals surface area contributed by atoms with Gasteiger partial charge < -0.3 is 5.32 Å². The van der Waals surface area contributed by atoms with Crippen molar-refractivity contribution in [1.82, 2.24) is 24.5 Å². The van der Waals surface area contributed by atoms with Gasteiger partial charge in [-0.3, -0.25) is 4.57 Å². The number of thioether (sulfide) groups is 1. The maximum Gasteiger partial charge on any atom is 0.241 e. The molecule has 2 heterocycles. The number of rotatable bonds is 8. The zero-order valence-electron chi connectivity index (χ0n) is 11.3. The summed E-state index contributed by atoms with van der Waals surface area (Å²) in [5.74, 6) is 2.17. The molecule has 0 bridgehead atoms. The molecular formula is C12H17ClN6S. The second kappa shape index (κ2) is 8.06. The van der Waals surface area contributed by atoms with E-state index in [2.05, 4.69) is 31.5 Å². The van der Waals surface area contributed by atoms with E-state index in [1.807, 2.05) is 11.8 Å². The summed E-state index contributed by atoms with van der Waals surface area (Å²) in [6, 6.07) is 0. The van der Waals surface area contributed by atoms with E-state index in [4.69, 9.17) is 11.6 Å². The molecule has 0 amide bonds. The van der Waals surface area contributed by atoms with Gasteiger partial charge in [0.15, 0.2) is 0 Å². The Balaban J connectivity index is 1.88. The smallest absolute Gasteiger partial charge is 0.241 e. The van der Waals surface area contributed by atoms with Crippen molar-refractivity contribution < 1.29 is 0 Å². The lowest BCUT2D eigenvalue weighted by Gasteiger charge is -2.06. The first kappa shape index (κ1) is 15.1. The Kier molecular flexibility index (Phi) is 6.07. The van der Waals surface area contributed by atoms with E-state index in [0.717, 1.165) is 13.0 Å². The molecule has 0 aliphatic heterocycles. The molecule has 0 saturated heterocycles. The number of anilines is 1. The van der Waals surface area contributed by atoms with Crippen LogP contribution < -0.4 is 5.32 Å². The Morgan fingerprint density at radius 1 is 1.25 bits per heavy atom. The molecule has 0 spiro atoms. The summed E-state index contributed by atoms with van der Waals surface area (Å²) < 4.78 is 1.69. The van der Waals surface area contributed by atoms with Crippen LogP contribution in [0.4, 0.5) is 5.95 Å². The maximum absolute atomic E-state index is 5.91. The van der Waals surface area contributed by atoms with E-state index in [-0.39, 0.29) is 5.28 Å². The van der Waals surface area contributed by atoms with E-state index in [0.29, 0.717) is 11.9 Å². The van der Waals surface area contributed by atoms with Crippen LogP contribution in [0.25, 0.3) is 5.95 Å². The fraction of sp³-hybridized carbons (Fsp3) is 0.500. The minimum Gasteiger partial charge on any atom is -0.354 e. The summed E-state index contributed by atoms with van der Waals surface area (Å²) >= 11 is 7.79. The molecule has 2 aromatic heterocycles. The minimum atomic E-state index is 0.175. The highest BCUT2D eigenvalue weighted by molar-refractivity contribution is 7.98. The average molecular weight is 313 g/mol. The summed E-state index contributed by atoms with van der Waals surface area (Å²) in [7, 11) is 0. The molecule has 20 heavy (non-hydrogen) atoms. The highest BCUT2D eigenvalue weighted by Gasteiger charge is 2.06. The zero-order chi connectivity index (χ0) is 14.2. The van der Waals surface area contributed by atoms with Crippen LogP contribution in [-0.4, -0.2) is 43.1 Å². The van der Waals surface area contributed by atoms with Gasteiger partial charge in [-0.2, -0.15) is 26.7 Å². The quantitative estimate of drug-likeness (QED) is 0.756. The first-order valence-electron chi connectivity index (χ1n) is 6.42. The summed E-state index contributed by atoms with van der Waals surface area (Å²) in [6.07, 6.45) is 10.7. The van der Waals surface area contributed by atoms with E-state index in [1.54, 1.807) is 23.3 Å². The van der Waals surface area contributed by atoms with Crippen LogP contribution in [0.2, 0.25) is 5.28 Å². The molecule has 0 aliphatic carbocycles. The fourth-order valence-electron chi connectivity index (χ4n) is 1.66. The monoisotopic (exact) mass is 312 g/mol. The van der Waals surface area contributed by atoms with Crippen LogP contribution >= 0.6 is 23.4 Å². The third kappa shape index (κ3) is 4.64. The molecule has 6 nitrogen and oxygen atoms in total. The van der Waals surface area contributed by atoms with Crippen LogP contribution in [0.15, 0.2) is 18.7 Å². The summed E-state index contributed by atoms with van der Waals surface area (Å²) in [5, 5.41) is 3.35. The highest BCUT2D eigenvalue weighted by atomic mass is 35.5. The van der Waals surface area contributed by atoms with E-state index in [9.17, 15) is 0 Å². The summed E-state index contributed by atoms with van der Waals surface area (Å²) in [5.41, 5.74) is 0. The number of unbranched alkanes of at least 4 members (excludes halogenated alkanes) is 2. The SMILES string of the molecule is CSCCCCCNc1nc(Cl)nc(-n2ccnc2)n1. The lowest BCUT2D eigenvalue weighted by molar-refractivity contribution is 0.744. The van der Waals surface area contributed by atoms with Gasteiger partial charge in [0.25, 0.3) is 0 Å². The molecule has 2 rings (SSSR count). The van der Waals surface area contributed by atoms with E-state index < -0.39 is 0 Å². The molecule has 0 atom stereocenters. The number of nitrogens with one attached hydrogen (secondary N) is 1. The number of hydrogen-bond donors (Lipinski definition) is 1. The van der Waals surface area contributed by atoms with Gasteiger partial charge in [0, 0.05) is 18.9 Å². The van der Waals surface area contributed by atoms with Crippen LogP contribution in [0.5, 0.6) is 0 Å². The van der Waals surface area contributed by atoms with Crippen molar-refractivity contribution in [3.63, 3.8) is 0 Å². The zero-order valence-corrected chi connectivity index (χ0v) is 12.9. The molecule has 108 valence electrons. The lowest BCUT2D eigenvalue weighted by atomic mass is 10.2. The fourth-order valence-corrected chi connectivity index (χ4v) is 2.31. The maximum atomic E-state index is 5.91. The van der Waals surface area contributed by atoms with Crippen molar-refractivity contribution in [3.05, 3.63) is 24.0 Å². The van der Waals surface area contributed by atoms with Gasteiger partial charge >= 0.3 is 0 Å². The lowest BCUT2D eigenvalue weighted by Crippen LogP contribution is -2.09. The van der Waals surface area contributed by atoms with Gasteiger partial charge in [0.2, 0.25) is 17.2 Å². The molecule has 1 N–H and O–H groups in total. The molecule has 0 unspecified atom stereocenters. The van der Waals surface area contributed by atoms with Gasteiger partial charge in [-0.15, -0.1) is 0 Å². The molecule has 0 aliphatic rings. The minimum absolute atomic E-state index is 0.175. The van der Waals surface area contributed by atoms with Gasteiger partial charge in [0.05, 0.1) is 0 Å². The Labute approximate surface area is 127 Å². The normalized spacial score (nSPS) is 10.7. The second-order valence-electron chi connectivity index (χ2n) is 4.18. The van der Waals surface area contributed by atoms with E-state index >= 15 is 0 Å². The van der Waals surface area contributed by atoms with Gasteiger partial charge in [-0.25, -0.2) is 4.98 Å².